The van der Waals surface area contributed by atoms with Gasteiger partial charge in [-0.2, -0.15) is 0 Å². The normalized spacial score (nSPS) is 12.4. The fourth-order valence-electron chi connectivity index (χ4n) is 1.89. The Morgan fingerprint density at radius 3 is 2.55 bits per heavy atom. The number of nitrogens with one attached hydrogen (secondary N) is 1. The molecule has 0 heterocycles. The third-order valence-corrected chi connectivity index (χ3v) is 3.02. The van der Waals surface area contributed by atoms with E-state index in [0.717, 1.165) is 18.9 Å². The fourth-order valence-corrected chi connectivity index (χ4v) is 1.89. The molecule has 20 heavy (non-hydrogen) atoms. The predicted octanol–water partition coefficient (Wildman–Crippen LogP) is 2.46. The van der Waals surface area contributed by atoms with E-state index in [9.17, 15) is 5.11 Å². The van der Waals surface area contributed by atoms with Crippen LogP contribution in [0.2, 0.25) is 0 Å². The van der Waals surface area contributed by atoms with Crippen LogP contribution in [0, 0.1) is 5.92 Å². The quantitative estimate of drug-likeness (QED) is 0.647. The van der Waals surface area contributed by atoms with Gasteiger partial charge in [0.15, 0.2) is 11.5 Å². The highest BCUT2D eigenvalue weighted by molar-refractivity contribution is 5.39. The molecule has 0 aliphatic heterocycles. The largest absolute Gasteiger partial charge is 0.493 e. The number of methoxy groups -OCH3 is 1. The maximum Gasteiger partial charge on any atom is 0.161 e. The third kappa shape index (κ3) is 6.78. The van der Waals surface area contributed by atoms with Crippen LogP contribution < -0.4 is 14.8 Å². The summed E-state index contributed by atoms with van der Waals surface area (Å²) >= 11 is 0. The molecular weight excluding hydrogens is 254 g/mol. The number of hydrogen-bond acceptors (Lipinski definition) is 4. The molecule has 0 aromatic heterocycles. The van der Waals surface area contributed by atoms with Gasteiger partial charge in [0, 0.05) is 6.54 Å². The fraction of sp³-hybridized carbons (Fsp3) is 0.625. The summed E-state index contributed by atoms with van der Waals surface area (Å²) in [4.78, 5) is 0. The Morgan fingerprint density at radius 1 is 1.20 bits per heavy atom. The Hall–Kier alpha value is -1.26. The highest BCUT2D eigenvalue weighted by atomic mass is 16.5. The summed E-state index contributed by atoms with van der Waals surface area (Å²) in [7, 11) is 1.61. The molecule has 4 heteroatoms. The van der Waals surface area contributed by atoms with Gasteiger partial charge >= 0.3 is 0 Å². The van der Waals surface area contributed by atoms with Crippen LogP contribution in [0.15, 0.2) is 24.3 Å². The molecule has 1 aromatic carbocycles. The maximum absolute atomic E-state index is 9.85. The van der Waals surface area contributed by atoms with Crippen LogP contribution >= 0.6 is 0 Å². The second-order valence-corrected chi connectivity index (χ2v) is 5.36. The Kier molecular flexibility index (Phi) is 8.07. The summed E-state index contributed by atoms with van der Waals surface area (Å²) in [6.07, 6.45) is 1.83. The molecule has 0 fully saturated rings. The molecule has 1 aromatic rings. The predicted molar refractivity (Wildman–Crippen MR) is 81.4 cm³/mol. The summed E-state index contributed by atoms with van der Waals surface area (Å²) in [6, 6.07) is 7.44. The van der Waals surface area contributed by atoms with E-state index in [1.807, 2.05) is 24.3 Å². The van der Waals surface area contributed by atoms with Crippen LogP contribution in [0.1, 0.15) is 26.7 Å². The standard InChI is InChI=1S/C16H27NO3/c1-13(2)7-6-10-17-11-14(18)12-20-16-9-5-4-8-15(16)19-3/h4-5,8-9,13-14,17-18H,6-7,10-12H2,1-3H3. The van der Waals surface area contributed by atoms with E-state index in [-0.39, 0.29) is 6.61 Å². The van der Waals surface area contributed by atoms with E-state index in [2.05, 4.69) is 19.2 Å². The number of ether oxygens (including phenoxy) is 2. The van der Waals surface area contributed by atoms with E-state index >= 15 is 0 Å². The van der Waals surface area contributed by atoms with Crippen molar-refractivity contribution in [2.24, 2.45) is 5.92 Å². The summed E-state index contributed by atoms with van der Waals surface area (Å²) in [5, 5.41) is 13.1. The lowest BCUT2D eigenvalue weighted by atomic mass is 10.1. The monoisotopic (exact) mass is 281 g/mol. The first kappa shape index (κ1) is 16.8. The molecule has 0 aliphatic carbocycles. The highest BCUT2D eigenvalue weighted by Crippen LogP contribution is 2.25. The Labute approximate surface area is 122 Å². The number of aliphatic hydroxyl groups excluding tert-OH is 1. The molecule has 0 saturated carbocycles. The minimum Gasteiger partial charge on any atom is -0.493 e. The summed E-state index contributed by atoms with van der Waals surface area (Å²) in [6.45, 7) is 6.18. The Morgan fingerprint density at radius 2 is 1.90 bits per heavy atom. The molecule has 0 spiro atoms. The van der Waals surface area contributed by atoms with E-state index < -0.39 is 6.10 Å². The zero-order valence-corrected chi connectivity index (χ0v) is 12.8. The van der Waals surface area contributed by atoms with Crippen LogP contribution in [0.4, 0.5) is 0 Å². The van der Waals surface area contributed by atoms with E-state index in [1.165, 1.54) is 6.42 Å². The second kappa shape index (κ2) is 9.61. The molecule has 1 atom stereocenters. The van der Waals surface area contributed by atoms with Crippen LogP contribution in [-0.2, 0) is 0 Å². The van der Waals surface area contributed by atoms with Crippen molar-refractivity contribution >= 4 is 0 Å². The van der Waals surface area contributed by atoms with Crippen molar-refractivity contribution in [2.75, 3.05) is 26.8 Å². The van der Waals surface area contributed by atoms with Gasteiger partial charge in [-0.1, -0.05) is 26.0 Å². The van der Waals surface area contributed by atoms with Crippen LogP contribution in [0.25, 0.3) is 0 Å². The zero-order valence-electron chi connectivity index (χ0n) is 12.8. The topological polar surface area (TPSA) is 50.7 Å². The van der Waals surface area contributed by atoms with Gasteiger partial charge in [0.25, 0.3) is 0 Å². The second-order valence-electron chi connectivity index (χ2n) is 5.36. The Balaban J connectivity index is 2.18. The van der Waals surface area contributed by atoms with Crippen molar-refractivity contribution < 1.29 is 14.6 Å². The first-order valence-electron chi connectivity index (χ1n) is 7.28. The van der Waals surface area contributed by atoms with E-state index in [1.54, 1.807) is 7.11 Å². The zero-order chi connectivity index (χ0) is 14.8. The third-order valence-electron chi connectivity index (χ3n) is 3.02. The van der Waals surface area contributed by atoms with Crippen LogP contribution in [0.5, 0.6) is 11.5 Å². The van der Waals surface area contributed by atoms with Crippen molar-refractivity contribution in [2.45, 2.75) is 32.8 Å². The smallest absolute Gasteiger partial charge is 0.161 e. The van der Waals surface area contributed by atoms with Crippen LogP contribution in [-0.4, -0.2) is 38.0 Å². The van der Waals surface area contributed by atoms with Gasteiger partial charge in [0.1, 0.15) is 12.7 Å². The van der Waals surface area contributed by atoms with Gasteiger partial charge in [-0.15, -0.1) is 0 Å². The lowest BCUT2D eigenvalue weighted by molar-refractivity contribution is 0.104. The van der Waals surface area contributed by atoms with Gasteiger partial charge in [-0.25, -0.2) is 0 Å². The summed E-state index contributed by atoms with van der Waals surface area (Å²) in [5.74, 6) is 2.08. The molecular formula is C16H27NO3. The summed E-state index contributed by atoms with van der Waals surface area (Å²) < 4.78 is 10.8. The van der Waals surface area contributed by atoms with Crippen molar-refractivity contribution in [1.82, 2.24) is 5.32 Å². The van der Waals surface area contributed by atoms with Gasteiger partial charge in [0.05, 0.1) is 7.11 Å². The minimum absolute atomic E-state index is 0.261. The number of para-hydroxylation sites is 2. The molecule has 114 valence electrons. The van der Waals surface area contributed by atoms with Crippen molar-refractivity contribution in [3.63, 3.8) is 0 Å². The summed E-state index contributed by atoms with van der Waals surface area (Å²) in [5.41, 5.74) is 0. The van der Waals surface area contributed by atoms with E-state index in [4.69, 9.17) is 9.47 Å². The molecule has 0 saturated heterocycles. The lowest BCUT2D eigenvalue weighted by Crippen LogP contribution is -2.32. The van der Waals surface area contributed by atoms with Gasteiger partial charge in [0.2, 0.25) is 0 Å². The number of rotatable bonds is 10. The molecule has 1 unspecified atom stereocenters. The van der Waals surface area contributed by atoms with Crippen molar-refractivity contribution in [3.05, 3.63) is 24.3 Å². The molecule has 4 nitrogen and oxygen atoms in total. The van der Waals surface area contributed by atoms with Crippen molar-refractivity contribution in [3.8, 4) is 11.5 Å². The van der Waals surface area contributed by atoms with E-state index in [0.29, 0.717) is 18.0 Å². The molecule has 0 bridgehead atoms. The van der Waals surface area contributed by atoms with Gasteiger partial charge < -0.3 is 19.9 Å². The first-order valence-corrected chi connectivity index (χ1v) is 7.28. The number of benzene rings is 1. The molecule has 2 N–H and O–H groups in total. The Bertz CT molecular complexity index is 368. The highest BCUT2D eigenvalue weighted by Gasteiger charge is 2.07. The number of aliphatic hydroxyl groups is 1. The van der Waals surface area contributed by atoms with Crippen LogP contribution in [0.3, 0.4) is 0 Å². The lowest BCUT2D eigenvalue weighted by Gasteiger charge is -2.15. The molecule has 0 aliphatic rings. The first-order chi connectivity index (χ1) is 9.63. The SMILES string of the molecule is COc1ccccc1OCC(O)CNCCCC(C)C. The molecule has 0 amide bonds. The minimum atomic E-state index is -0.515. The average Bonchev–Trinajstić information content (AvgIpc) is 2.44. The number of hydrogen-bond donors (Lipinski definition) is 2. The van der Waals surface area contributed by atoms with Gasteiger partial charge in [-0.05, 0) is 37.4 Å². The average molecular weight is 281 g/mol. The maximum atomic E-state index is 9.85. The van der Waals surface area contributed by atoms with Crippen molar-refractivity contribution in [1.29, 1.82) is 0 Å². The molecule has 1 rings (SSSR count). The van der Waals surface area contributed by atoms with Gasteiger partial charge in [-0.3, -0.25) is 0 Å². The molecule has 0 radical (unpaired) electrons.